The number of hydrogen-bond donors (Lipinski definition) is 1. The number of benzene rings is 1. The Morgan fingerprint density at radius 2 is 1.71 bits per heavy atom. The number of halogens is 1. The van der Waals surface area contributed by atoms with Crippen molar-refractivity contribution in [2.75, 3.05) is 0 Å². The van der Waals surface area contributed by atoms with E-state index < -0.39 is 40.5 Å². The number of carboxylic acids is 1. The van der Waals surface area contributed by atoms with E-state index in [-0.39, 0.29) is 16.6 Å². The minimum atomic E-state index is -5.30. The zero-order valence-electron chi connectivity index (χ0n) is 13.9. The van der Waals surface area contributed by atoms with E-state index in [9.17, 15) is 22.2 Å². The van der Waals surface area contributed by atoms with E-state index in [1.165, 1.54) is 19.1 Å². The maximum absolute atomic E-state index is 12.9. The zero-order valence-corrected chi connectivity index (χ0v) is 14.7. The summed E-state index contributed by atoms with van der Waals surface area (Å²) < 4.78 is 50.3. The molecule has 0 unspecified atom stereocenters. The van der Waals surface area contributed by atoms with Crippen molar-refractivity contribution in [2.24, 2.45) is 0 Å². The third kappa shape index (κ3) is 3.55. The van der Waals surface area contributed by atoms with Crippen LogP contribution in [0.25, 0.3) is 0 Å². The summed E-state index contributed by atoms with van der Waals surface area (Å²) in [7, 11) is -6.25. The Kier molecular flexibility index (Phi) is 4.45. The van der Waals surface area contributed by atoms with Crippen LogP contribution in [0.1, 0.15) is 43.6 Å². The molecule has 10 heteroatoms. The Morgan fingerprint density at radius 3 is 2.12 bits per heavy atom. The van der Waals surface area contributed by atoms with Gasteiger partial charge in [0.1, 0.15) is 5.75 Å². The maximum atomic E-state index is 12.9. The van der Waals surface area contributed by atoms with Crippen molar-refractivity contribution in [3.8, 4) is 5.75 Å². The quantitative estimate of drug-likeness (QED) is 0.643. The molecule has 1 fully saturated rings. The monoisotopic (exact) mass is 360 g/mol. The fraction of sp³-hybridized carbons (Fsp3) is 0.500. The van der Waals surface area contributed by atoms with Gasteiger partial charge in [0.2, 0.25) is 0 Å². The summed E-state index contributed by atoms with van der Waals surface area (Å²) in [6.07, 6.45) is 0. The van der Waals surface area contributed by atoms with Crippen LogP contribution in [0.3, 0.4) is 0 Å². The first-order valence-electron chi connectivity index (χ1n) is 7.11. The first kappa shape index (κ1) is 18.7. The van der Waals surface area contributed by atoms with Crippen LogP contribution in [-0.4, -0.2) is 37.8 Å². The lowest BCUT2D eigenvalue weighted by Crippen LogP contribution is -2.41. The molecule has 1 N–H and O–H groups in total. The standard InChI is InChI=1S/C14H18BFO7S/c1-8-10(12(17)18)6-9(7-11(8)21-24(16,19)20)15-22-13(2,3)14(4,5)23-15/h6-7H,1-5H3,(H,17,18). The molecule has 1 aliphatic heterocycles. The summed E-state index contributed by atoms with van der Waals surface area (Å²) in [6.45, 7) is 8.55. The molecule has 1 aromatic rings. The third-order valence-corrected chi connectivity index (χ3v) is 4.71. The highest BCUT2D eigenvalue weighted by atomic mass is 32.3. The number of carbonyl (C=O) groups is 1. The highest BCUT2D eigenvalue weighted by molar-refractivity contribution is 7.81. The Labute approximate surface area is 140 Å². The lowest BCUT2D eigenvalue weighted by Gasteiger charge is -2.32. The topological polar surface area (TPSA) is 99.1 Å². The first-order chi connectivity index (χ1) is 10.7. The Morgan fingerprint density at radius 1 is 1.21 bits per heavy atom. The average molecular weight is 360 g/mol. The van der Waals surface area contributed by atoms with Crippen molar-refractivity contribution >= 4 is 29.1 Å². The second-order valence-corrected chi connectivity index (χ2v) is 7.51. The van der Waals surface area contributed by atoms with Gasteiger partial charge in [-0.05, 0) is 52.2 Å². The summed E-state index contributed by atoms with van der Waals surface area (Å²) in [5.41, 5.74) is -1.40. The van der Waals surface area contributed by atoms with Crippen molar-refractivity contribution in [1.82, 2.24) is 0 Å². The lowest BCUT2D eigenvalue weighted by molar-refractivity contribution is 0.00578. The van der Waals surface area contributed by atoms with Crippen molar-refractivity contribution in [3.05, 3.63) is 23.3 Å². The van der Waals surface area contributed by atoms with Crippen LogP contribution in [-0.2, 0) is 19.8 Å². The second-order valence-electron chi connectivity index (χ2n) is 6.56. The van der Waals surface area contributed by atoms with Gasteiger partial charge in [-0.15, -0.1) is 0 Å². The molecule has 0 radical (unpaired) electrons. The summed E-state index contributed by atoms with van der Waals surface area (Å²) in [5, 5.41) is 9.28. The van der Waals surface area contributed by atoms with Gasteiger partial charge in [-0.1, -0.05) is 3.89 Å². The van der Waals surface area contributed by atoms with Gasteiger partial charge in [-0.3, -0.25) is 0 Å². The normalized spacial score (nSPS) is 19.3. The molecular weight excluding hydrogens is 342 g/mol. The third-order valence-electron chi connectivity index (χ3n) is 4.33. The molecule has 132 valence electrons. The summed E-state index contributed by atoms with van der Waals surface area (Å²) in [6, 6.07) is 2.48. The Hall–Kier alpha value is -1.65. The molecule has 0 atom stereocenters. The van der Waals surface area contributed by atoms with Gasteiger partial charge in [-0.2, -0.15) is 8.42 Å². The van der Waals surface area contributed by atoms with Gasteiger partial charge in [0.05, 0.1) is 16.8 Å². The predicted octanol–water partition coefficient (Wildman–Crippen LogP) is 1.59. The Balaban J connectivity index is 2.54. The second kappa shape index (κ2) is 5.71. The van der Waals surface area contributed by atoms with Crippen molar-refractivity contribution < 1.29 is 35.7 Å². The van der Waals surface area contributed by atoms with Crippen LogP contribution in [0.5, 0.6) is 5.75 Å². The van der Waals surface area contributed by atoms with Crippen LogP contribution in [0, 0.1) is 6.92 Å². The van der Waals surface area contributed by atoms with E-state index in [1.54, 1.807) is 0 Å². The van der Waals surface area contributed by atoms with Crippen LogP contribution >= 0.6 is 0 Å². The molecule has 1 heterocycles. The zero-order chi connectivity index (χ0) is 18.5. The molecular formula is C14H18BFO7S. The summed E-state index contributed by atoms with van der Waals surface area (Å²) in [4.78, 5) is 11.4. The summed E-state index contributed by atoms with van der Waals surface area (Å²) >= 11 is 0. The molecule has 1 saturated heterocycles. The van der Waals surface area contributed by atoms with Crippen LogP contribution in [0.4, 0.5) is 3.89 Å². The number of aromatic carboxylic acids is 1. The van der Waals surface area contributed by atoms with Crippen molar-refractivity contribution in [2.45, 2.75) is 45.8 Å². The fourth-order valence-corrected chi connectivity index (χ4v) is 2.63. The fourth-order valence-electron chi connectivity index (χ4n) is 2.24. The maximum Gasteiger partial charge on any atom is 0.494 e. The van der Waals surface area contributed by atoms with Gasteiger partial charge in [0.25, 0.3) is 0 Å². The van der Waals surface area contributed by atoms with Gasteiger partial charge in [0, 0.05) is 5.56 Å². The Bertz CT molecular complexity index is 773. The molecule has 7 nitrogen and oxygen atoms in total. The molecule has 0 aliphatic carbocycles. The highest BCUT2D eigenvalue weighted by Gasteiger charge is 2.52. The van der Waals surface area contributed by atoms with Gasteiger partial charge in [-0.25, -0.2) is 4.79 Å². The van der Waals surface area contributed by atoms with Gasteiger partial charge >= 0.3 is 23.6 Å². The van der Waals surface area contributed by atoms with Crippen molar-refractivity contribution in [1.29, 1.82) is 0 Å². The highest BCUT2D eigenvalue weighted by Crippen LogP contribution is 2.37. The molecule has 2 rings (SSSR count). The van der Waals surface area contributed by atoms with Crippen LogP contribution in [0.2, 0.25) is 0 Å². The predicted molar refractivity (Wildman–Crippen MR) is 84.5 cm³/mol. The minimum Gasteiger partial charge on any atom is -0.478 e. The smallest absolute Gasteiger partial charge is 0.478 e. The lowest BCUT2D eigenvalue weighted by atomic mass is 9.77. The van der Waals surface area contributed by atoms with Gasteiger partial charge < -0.3 is 18.6 Å². The summed E-state index contributed by atoms with van der Waals surface area (Å²) in [5.74, 6) is -1.74. The van der Waals surface area contributed by atoms with Crippen LogP contribution in [0.15, 0.2) is 12.1 Å². The number of carboxylic acid groups (broad SMARTS) is 1. The van der Waals surface area contributed by atoms with Crippen LogP contribution < -0.4 is 9.65 Å². The molecule has 0 aromatic heterocycles. The molecule has 1 aliphatic rings. The molecule has 1 aromatic carbocycles. The number of rotatable bonds is 4. The average Bonchev–Trinajstić information content (AvgIpc) is 2.59. The minimum absolute atomic E-state index is 0.0241. The van der Waals surface area contributed by atoms with Crippen molar-refractivity contribution in [3.63, 3.8) is 0 Å². The van der Waals surface area contributed by atoms with E-state index in [0.29, 0.717) is 0 Å². The van der Waals surface area contributed by atoms with E-state index in [4.69, 9.17) is 9.31 Å². The largest absolute Gasteiger partial charge is 0.494 e. The number of hydrogen-bond acceptors (Lipinski definition) is 6. The van der Waals surface area contributed by atoms with E-state index >= 15 is 0 Å². The molecule has 24 heavy (non-hydrogen) atoms. The first-order valence-corrected chi connectivity index (χ1v) is 8.42. The molecule has 0 bridgehead atoms. The molecule has 0 saturated carbocycles. The van der Waals surface area contributed by atoms with Gasteiger partial charge in [0.15, 0.2) is 0 Å². The SMILES string of the molecule is Cc1c(OS(=O)(=O)F)cc(B2OC(C)(C)C(C)(C)O2)cc1C(=O)O. The van der Waals surface area contributed by atoms with E-state index in [1.807, 2.05) is 27.7 Å². The van der Waals surface area contributed by atoms with E-state index in [0.717, 1.165) is 0 Å². The van der Waals surface area contributed by atoms with E-state index in [2.05, 4.69) is 4.18 Å². The molecule has 0 spiro atoms. The molecule has 0 amide bonds.